The number of thiophene rings is 1. The molecule has 0 fully saturated rings. The molecule has 94 valence electrons. The number of amides is 1. The molecule has 4 heteroatoms. The van der Waals surface area contributed by atoms with Gasteiger partial charge >= 0.3 is 0 Å². The van der Waals surface area contributed by atoms with Crippen molar-refractivity contribution in [2.45, 2.75) is 32.6 Å². The van der Waals surface area contributed by atoms with Gasteiger partial charge in [-0.25, -0.2) is 0 Å². The van der Waals surface area contributed by atoms with Gasteiger partial charge in [0.05, 0.1) is 5.56 Å². The van der Waals surface area contributed by atoms with Crippen molar-refractivity contribution in [3.05, 3.63) is 21.4 Å². The van der Waals surface area contributed by atoms with E-state index in [4.69, 9.17) is 0 Å². The van der Waals surface area contributed by atoms with Gasteiger partial charge in [0.15, 0.2) is 0 Å². The predicted octanol–water partition coefficient (Wildman–Crippen LogP) is 1.97. The summed E-state index contributed by atoms with van der Waals surface area (Å²) in [6.07, 6.45) is 4.73. The molecule has 0 saturated carbocycles. The zero-order valence-electron chi connectivity index (χ0n) is 10.3. The second-order valence-electron chi connectivity index (χ2n) is 4.37. The molecule has 2 rings (SSSR count). The van der Waals surface area contributed by atoms with Crippen LogP contribution in [0.4, 0.5) is 0 Å². The van der Waals surface area contributed by atoms with Crippen LogP contribution in [0.25, 0.3) is 0 Å². The molecule has 1 aromatic rings. The molecule has 1 aliphatic carbocycles. The molecule has 0 radical (unpaired) electrons. The maximum atomic E-state index is 12.0. The van der Waals surface area contributed by atoms with Gasteiger partial charge in [0.1, 0.15) is 0 Å². The van der Waals surface area contributed by atoms with E-state index in [0.29, 0.717) is 6.54 Å². The Balaban J connectivity index is 1.92. The highest BCUT2D eigenvalue weighted by atomic mass is 32.1. The Kier molecular flexibility index (Phi) is 4.57. The highest BCUT2D eigenvalue weighted by Crippen LogP contribution is 2.29. The highest BCUT2D eigenvalue weighted by Gasteiger charge is 2.19. The first kappa shape index (κ1) is 12.6. The minimum atomic E-state index is 0.0994. The first-order valence-electron chi connectivity index (χ1n) is 6.41. The monoisotopic (exact) mass is 252 g/mol. The Morgan fingerprint density at radius 3 is 3.00 bits per heavy atom. The maximum Gasteiger partial charge on any atom is 0.252 e. The van der Waals surface area contributed by atoms with Gasteiger partial charge in [0.25, 0.3) is 5.91 Å². The van der Waals surface area contributed by atoms with E-state index in [2.05, 4.69) is 17.6 Å². The van der Waals surface area contributed by atoms with Crippen molar-refractivity contribution >= 4 is 17.2 Å². The number of fused-ring (bicyclic) bond motifs is 1. The number of carbonyl (C=O) groups excluding carboxylic acids is 1. The lowest BCUT2D eigenvalue weighted by Gasteiger charge is -2.12. The van der Waals surface area contributed by atoms with Gasteiger partial charge in [-0.05, 0) is 37.8 Å². The van der Waals surface area contributed by atoms with E-state index in [0.717, 1.165) is 31.5 Å². The van der Waals surface area contributed by atoms with Gasteiger partial charge < -0.3 is 10.6 Å². The summed E-state index contributed by atoms with van der Waals surface area (Å²) in [4.78, 5) is 13.4. The summed E-state index contributed by atoms with van der Waals surface area (Å²) in [5.41, 5.74) is 2.23. The Hall–Kier alpha value is -0.870. The molecule has 0 aliphatic heterocycles. The number of carbonyl (C=O) groups is 1. The van der Waals surface area contributed by atoms with E-state index in [1.54, 1.807) is 11.3 Å². The molecular weight excluding hydrogens is 232 g/mol. The first-order valence-corrected chi connectivity index (χ1v) is 7.29. The van der Waals surface area contributed by atoms with Gasteiger partial charge in [-0.1, -0.05) is 6.92 Å². The average Bonchev–Trinajstić information content (AvgIpc) is 2.78. The van der Waals surface area contributed by atoms with Crippen LogP contribution in [0.3, 0.4) is 0 Å². The van der Waals surface area contributed by atoms with Crippen molar-refractivity contribution < 1.29 is 4.79 Å². The van der Waals surface area contributed by atoms with Crippen molar-refractivity contribution in [1.82, 2.24) is 10.6 Å². The van der Waals surface area contributed by atoms with Gasteiger partial charge in [-0.2, -0.15) is 0 Å². The number of hydrogen-bond donors (Lipinski definition) is 2. The lowest BCUT2D eigenvalue weighted by atomic mass is 9.96. The van der Waals surface area contributed by atoms with Crippen LogP contribution in [0.5, 0.6) is 0 Å². The minimum absolute atomic E-state index is 0.0994. The number of nitrogens with one attached hydrogen (secondary N) is 2. The van der Waals surface area contributed by atoms with Gasteiger partial charge in [-0.15, -0.1) is 11.3 Å². The summed E-state index contributed by atoms with van der Waals surface area (Å²) < 4.78 is 0. The van der Waals surface area contributed by atoms with Gasteiger partial charge in [0.2, 0.25) is 0 Å². The van der Waals surface area contributed by atoms with Crippen molar-refractivity contribution in [3.63, 3.8) is 0 Å². The van der Waals surface area contributed by atoms with Crippen LogP contribution >= 0.6 is 11.3 Å². The number of likely N-dealkylation sites (N-methyl/N-ethyl adjacent to an activating group) is 1. The zero-order valence-corrected chi connectivity index (χ0v) is 11.2. The van der Waals surface area contributed by atoms with Crippen molar-refractivity contribution in [1.29, 1.82) is 0 Å². The molecule has 0 saturated heterocycles. The molecule has 1 amide bonds. The second kappa shape index (κ2) is 6.17. The fourth-order valence-electron chi connectivity index (χ4n) is 2.22. The normalized spacial score (nSPS) is 14.4. The van der Waals surface area contributed by atoms with Crippen LogP contribution in [0.15, 0.2) is 5.38 Å². The molecule has 0 unspecified atom stereocenters. The van der Waals surface area contributed by atoms with Crippen LogP contribution < -0.4 is 10.6 Å². The second-order valence-corrected chi connectivity index (χ2v) is 5.33. The van der Waals surface area contributed by atoms with Crippen molar-refractivity contribution in [3.8, 4) is 0 Å². The highest BCUT2D eigenvalue weighted by molar-refractivity contribution is 7.10. The van der Waals surface area contributed by atoms with Gasteiger partial charge in [-0.3, -0.25) is 4.79 Å². The molecule has 1 heterocycles. The predicted molar refractivity (Wildman–Crippen MR) is 71.8 cm³/mol. The third-order valence-corrected chi connectivity index (χ3v) is 4.23. The van der Waals surface area contributed by atoms with E-state index in [1.807, 2.05) is 5.38 Å². The number of hydrogen-bond acceptors (Lipinski definition) is 3. The number of rotatable bonds is 5. The van der Waals surface area contributed by atoms with Crippen molar-refractivity contribution in [2.24, 2.45) is 0 Å². The van der Waals surface area contributed by atoms with Crippen LogP contribution in [0.2, 0.25) is 0 Å². The Bertz CT molecular complexity index is 387. The molecule has 1 aromatic heterocycles. The van der Waals surface area contributed by atoms with Gasteiger partial charge in [0, 0.05) is 23.3 Å². The number of aryl methyl sites for hydroxylation is 1. The Labute approximate surface area is 107 Å². The van der Waals surface area contributed by atoms with Crippen LogP contribution in [-0.2, 0) is 12.8 Å². The maximum absolute atomic E-state index is 12.0. The summed E-state index contributed by atoms with van der Waals surface area (Å²) in [5.74, 6) is 0.0994. The fourth-order valence-corrected chi connectivity index (χ4v) is 3.35. The third-order valence-electron chi connectivity index (χ3n) is 3.14. The van der Waals surface area contributed by atoms with E-state index in [-0.39, 0.29) is 5.91 Å². The summed E-state index contributed by atoms with van der Waals surface area (Å²) in [7, 11) is 0. The topological polar surface area (TPSA) is 41.1 Å². The van der Waals surface area contributed by atoms with Crippen LogP contribution in [-0.4, -0.2) is 25.5 Å². The first-order chi connectivity index (χ1) is 8.33. The molecule has 0 spiro atoms. The smallest absolute Gasteiger partial charge is 0.252 e. The lowest BCUT2D eigenvalue weighted by molar-refractivity contribution is 0.0953. The fraction of sp³-hybridized carbons (Fsp3) is 0.615. The van der Waals surface area contributed by atoms with Crippen LogP contribution in [0, 0.1) is 0 Å². The standard InChI is InChI=1S/C13H20N2OS/c1-2-14-7-8-15-13(16)11-9-17-12-6-4-3-5-10(11)12/h9,14H,2-8H2,1H3,(H,15,16). The minimum Gasteiger partial charge on any atom is -0.351 e. The Morgan fingerprint density at radius 2 is 2.18 bits per heavy atom. The average molecular weight is 252 g/mol. The molecule has 3 nitrogen and oxygen atoms in total. The summed E-state index contributed by atoms with van der Waals surface area (Å²) in [6.45, 7) is 4.56. The Morgan fingerprint density at radius 1 is 1.35 bits per heavy atom. The molecule has 17 heavy (non-hydrogen) atoms. The van der Waals surface area contributed by atoms with E-state index in [1.165, 1.54) is 23.3 Å². The van der Waals surface area contributed by atoms with Crippen LogP contribution in [0.1, 0.15) is 40.6 Å². The van der Waals surface area contributed by atoms with E-state index < -0.39 is 0 Å². The van der Waals surface area contributed by atoms with E-state index >= 15 is 0 Å². The molecular formula is C13H20N2OS. The zero-order chi connectivity index (χ0) is 12.1. The summed E-state index contributed by atoms with van der Waals surface area (Å²) in [5, 5.41) is 8.20. The largest absolute Gasteiger partial charge is 0.351 e. The molecule has 1 aliphatic rings. The molecule has 0 atom stereocenters. The molecule has 0 aromatic carbocycles. The third kappa shape index (κ3) is 3.07. The molecule has 0 bridgehead atoms. The lowest BCUT2D eigenvalue weighted by Crippen LogP contribution is -2.32. The quantitative estimate of drug-likeness (QED) is 0.787. The molecule has 2 N–H and O–H groups in total. The summed E-state index contributed by atoms with van der Waals surface area (Å²) >= 11 is 1.75. The van der Waals surface area contributed by atoms with Crippen molar-refractivity contribution in [2.75, 3.05) is 19.6 Å². The summed E-state index contributed by atoms with van der Waals surface area (Å²) in [6, 6.07) is 0. The van der Waals surface area contributed by atoms with E-state index in [9.17, 15) is 4.79 Å². The SMILES string of the molecule is CCNCCNC(=O)c1csc2c1CCCC2.